The predicted octanol–water partition coefficient (Wildman–Crippen LogP) is 19.0. The van der Waals surface area contributed by atoms with Gasteiger partial charge in [0.25, 0.3) is 0 Å². The molecule has 0 aliphatic carbocycles. The fourth-order valence-electron chi connectivity index (χ4n) is 10.8. The Hall–Kier alpha value is -9.32. The van der Waals surface area contributed by atoms with E-state index >= 15 is 4.39 Å². The second-order valence-electron chi connectivity index (χ2n) is 18.6. The van der Waals surface area contributed by atoms with E-state index in [0.29, 0.717) is 5.69 Å². The van der Waals surface area contributed by atoms with E-state index in [2.05, 4.69) is 163 Å². The number of hydrogen-bond donors (Lipinski definition) is 0. The number of rotatable bonds is 9. The fraction of sp³-hybridized carbons (Fsp3) is 0.0299. The molecule has 0 N–H and O–H groups in total. The Morgan fingerprint density at radius 2 is 1.01 bits per heavy atom. The third-order valence-corrected chi connectivity index (χ3v) is 14.0. The molecular formula is C67H46FN3O. The van der Waals surface area contributed by atoms with Crippen molar-refractivity contribution in [2.24, 2.45) is 0 Å². The van der Waals surface area contributed by atoms with Gasteiger partial charge in [-0.15, -0.1) is 0 Å². The van der Waals surface area contributed by atoms with Crippen LogP contribution in [0.5, 0.6) is 11.5 Å². The van der Waals surface area contributed by atoms with Crippen molar-refractivity contribution in [1.29, 1.82) is 0 Å². The molecule has 72 heavy (non-hydrogen) atoms. The minimum atomic E-state index is -0.318. The Balaban J connectivity index is 1.05. The summed E-state index contributed by atoms with van der Waals surface area (Å²) in [6, 6.07) is 81.4. The topological polar surface area (TPSA) is 28.6 Å². The lowest BCUT2D eigenvalue weighted by atomic mass is 9.87. The van der Waals surface area contributed by atoms with E-state index in [9.17, 15) is 0 Å². The lowest BCUT2D eigenvalue weighted by Crippen LogP contribution is -2.14. The molecule has 5 heteroatoms. The summed E-state index contributed by atoms with van der Waals surface area (Å²) in [4.78, 5) is 9.23. The molecule has 0 atom stereocenters. The molecule has 0 fully saturated rings. The molecule has 12 aromatic rings. The molecule has 1 aromatic heterocycles. The first-order valence-corrected chi connectivity index (χ1v) is 24.4. The van der Waals surface area contributed by atoms with Crippen LogP contribution in [0.4, 0.5) is 38.6 Å². The molecule has 0 saturated heterocycles. The lowest BCUT2D eigenvalue weighted by molar-refractivity contribution is 0.487. The van der Waals surface area contributed by atoms with E-state index in [-0.39, 0.29) is 5.82 Å². The van der Waals surface area contributed by atoms with Crippen molar-refractivity contribution in [3.8, 4) is 56.0 Å². The number of fused-ring (bicyclic) bond motifs is 6. The summed E-state index contributed by atoms with van der Waals surface area (Å²) in [5, 5.41) is 6.36. The molecule has 1 aliphatic rings. The minimum Gasteiger partial charge on any atom is -0.456 e. The van der Waals surface area contributed by atoms with Gasteiger partial charge < -0.3 is 9.64 Å². The van der Waals surface area contributed by atoms with Crippen LogP contribution in [0.15, 0.2) is 243 Å². The average molecular weight is 928 g/mol. The molecule has 2 heterocycles. The number of hydrogen-bond acceptors (Lipinski definition) is 4. The lowest BCUT2D eigenvalue weighted by Gasteiger charge is -2.31. The number of pyridine rings is 1. The Morgan fingerprint density at radius 1 is 0.375 bits per heavy atom. The number of halogens is 1. The summed E-state index contributed by atoms with van der Waals surface area (Å²) in [5.41, 5.74) is 14.1. The van der Waals surface area contributed by atoms with Gasteiger partial charge >= 0.3 is 0 Å². The van der Waals surface area contributed by atoms with Gasteiger partial charge in [0.2, 0.25) is 0 Å². The zero-order valence-corrected chi connectivity index (χ0v) is 39.7. The third kappa shape index (κ3) is 7.33. The van der Waals surface area contributed by atoms with E-state index in [0.717, 1.165) is 128 Å². The Morgan fingerprint density at radius 3 is 1.75 bits per heavy atom. The summed E-state index contributed by atoms with van der Waals surface area (Å²) >= 11 is 0. The minimum absolute atomic E-state index is 0.318. The van der Waals surface area contributed by atoms with Crippen molar-refractivity contribution < 1.29 is 9.13 Å². The van der Waals surface area contributed by atoms with Crippen LogP contribution in [0.1, 0.15) is 11.1 Å². The highest BCUT2D eigenvalue weighted by atomic mass is 19.1. The Labute approximate surface area is 418 Å². The highest BCUT2D eigenvalue weighted by Gasteiger charge is 2.29. The van der Waals surface area contributed by atoms with Crippen LogP contribution in [-0.2, 0) is 0 Å². The largest absolute Gasteiger partial charge is 0.456 e. The maximum absolute atomic E-state index is 17.8. The summed E-state index contributed by atoms with van der Waals surface area (Å²) < 4.78 is 24.9. The third-order valence-electron chi connectivity index (χ3n) is 14.0. The van der Waals surface area contributed by atoms with Crippen LogP contribution < -0.4 is 14.5 Å². The van der Waals surface area contributed by atoms with E-state index in [1.807, 2.05) is 97.2 Å². The van der Waals surface area contributed by atoms with Gasteiger partial charge in [-0.25, -0.2) is 9.37 Å². The summed E-state index contributed by atoms with van der Waals surface area (Å²) in [5.74, 6) is 2.03. The van der Waals surface area contributed by atoms with Crippen molar-refractivity contribution in [3.05, 3.63) is 260 Å². The molecular weight excluding hydrogens is 882 g/mol. The van der Waals surface area contributed by atoms with Crippen molar-refractivity contribution in [2.75, 3.05) is 9.80 Å². The van der Waals surface area contributed by atoms with Crippen molar-refractivity contribution >= 4 is 66.6 Å². The first-order chi connectivity index (χ1) is 35.4. The second-order valence-corrected chi connectivity index (χ2v) is 18.6. The van der Waals surface area contributed by atoms with Crippen molar-refractivity contribution in [2.45, 2.75) is 13.8 Å². The molecule has 0 radical (unpaired) electrons. The fourth-order valence-corrected chi connectivity index (χ4v) is 10.8. The summed E-state index contributed by atoms with van der Waals surface area (Å²) in [6.45, 7) is 4.27. The first-order valence-electron chi connectivity index (χ1n) is 24.4. The van der Waals surface area contributed by atoms with Gasteiger partial charge in [0.15, 0.2) is 0 Å². The second kappa shape index (κ2) is 17.6. The van der Waals surface area contributed by atoms with E-state index < -0.39 is 0 Å². The van der Waals surface area contributed by atoms with Gasteiger partial charge in [0.1, 0.15) is 23.1 Å². The number of nitrogens with zero attached hydrogens (tertiary/aromatic N) is 3. The molecule has 13 rings (SSSR count). The van der Waals surface area contributed by atoms with Crippen LogP contribution in [0, 0.1) is 19.7 Å². The number of aromatic nitrogens is 1. The molecule has 0 spiro atoms. The van der Waals surface area contributed by atoms with Gasteiger partial charge in [-0.05, 0) is 142 Å². The van der Waals surface area contributed by atoms with Gasteiger partial charge in [-0.1, -0.05) is 163 Å². The zero-order valence-electron chi connectivity index (χ0n) is 39.7. The van der Waals surface area contributed by atoms with Crippen LogP contribution in [-0.4, -0.2) is 4.98 Å². The zero-order chi connectivity index (χ0) is 48.3. The number of para-hydroxylation sites is 2. The first kappa shape index (κ1) is 42.8. The molecule has 1 aliphatic heterocycles. The SMILES string of the molecule is Cc1ccc2c(N(c3ccccc3)c3c(F)cc(-c4ccccc4)cc3-c3ccccc3)cc3c4cc(C)cc5c4c(cc3c2c1)-c1ccc(N(c2ccccn2)c2ccccc2-c2ccccc2)cc1O5. The molecule has 4 nitrogen and oxygen atoms in total. The molecule has 0 saturated carbocycles. The normalized spacial score (nSPS) is 11.7. The maximum Gasteiger partial charge on any atom is 0.148 e. The van der Waals surface area contributed by atoms with Crippen LogP contribution in [0.2, 0.25) is 0 Å². The van der Waals surface area contributed by atoms with Crippen molar-refractivity contribution in [3.63, 3.8) is 0 Å². The average Bonchev–Trinajstić information content (AvgIpc) is 3.43. The van der Waals surface area contributed by atoms with Crippen LogP contribution >= 0.6 is 0 Å². The van der Waals surface area contributed by atoms with Crippen LogP contribution in [0.3, 0.4) is 0 Å². The van der Waals surface area contributed by atoms with E-state index in [1.54, 1.807) is 6.07 Å². The number of ether oxygens (including phenoxy) is 1. The molecule has 0 bridgehead atoms. The predicted molar refractivity (Wildman–Crippen MR) is 297 cm³/mol. The highest BCUT2D eigenvalue weighted by molar-refractivity contribution is 6.26. The monoisotopic (exact) mass is 927 g/mol. The molecule has 0 amide bonds. The van der Waals surface area contributed by atoms with Gasteiger partial charge in [0, 0.05) is 45.4 Å². The van der Waals surface area contributed by atoms with Gasteiger partial charge in [0.05, 0.1) is 22.7 Å². The summed E-state index contributed by atoms with van der Waals surface area (Å²) in [7, 11) is 0. The van der Waals surface area contributed by atoms with Crippen LogP contribution in [0.25, 0.3) is 76.8 Å². The maximum atomic E-state index is 17.8. The number of aryl methyl sites for hydroxylation is 2. The van der Waals surface area contributed by atoms with Gasteiger partial charge in [-0.3, -0.25) is 4.90 Å². The quantitative estimate of drug-likeness (QED) is 0.135. The highest BCUT2D eigenvalue weighted by Crippen LogP contribution is 2.54. The Bertz CT molecular complexity index is 4030. The van der Waals surface area contributed by atoms with Crippen molar-refractivity contribution in [1.82, 2.24) is 4.98 Å². The number of benzene rings is 11. The molecule has 0 unspecified atom stereocenters. The number of anilines is 6. The summed E-state index contributed by atoms with van der Waals surface area (Å²) in [6.07, 6.45) is 1.84. The molecule has 342 valence electrons. The smallest absolute Gasteiger partial charge is 0.148 e. The van der Waals surface area contributed by atoms with Gasteiger partial charge in [-0.2, -0.15) is 0 Å². The molecule has 11 aromatic carbocycles. The Kier molecular flexibility index (Phi) is 10.4. The van der Waals surface area contributed by atoms with E-state index in [4.69, 9.17) is 9.72 Å². The van der Waals surface area contributed by atoms with E-state index in [1.165, 1.54) is 0 Å². The standard InChI is InChI=1S/C67H46FN3O/c1-43-30-32-52-55(35-43)56-41-59-53-33-31-50(70(65-29-17-18-34-69-65)61-28-16-15-27-51(61)46-21-9-4-10-22-46)40-63(53)72-64-37-44(2)36-58(66(59)64)57(56)42-62(52)71(49-25-13-6-14-26-49)67-54(47-23-11-5-12-24-47)38-48(39-60(67)68)45-19-7-3-8-20-45/h3-42H,1-2H3.